The monoisotopic (exact) mass is 454 g/mol. The van der Waals surface area contributed by atoms with Gasteiger partial charge in [-0.1, -0.05) is 42.5 Å². The number of H-pyrrole nitrogens is 1. The Hall–Kier alpha value is -3.97. The van der Waals surface area contributed by atoms with E-state index in [1.54, 1.807) is 6.07 Å². The third-order valence-corrected chi connectivity index (χ3v) is 6.51. The Labute approximate surface area is 197 Å². The van der Waals surface area contributed by atoms with Crippen molar-refractivity contribution in [3.63, 3.8) is 0 Å². The first kappa shape index (κ1) is 21.9. The van der Waals surface area contributed by atoms with Gasteiger partial charge in [-0.3, -0.25) is 15.0 Å². The fraction of sp³-hybridized carbons (Fsp3) is 0.222. The number of nitrogens with one attached hydrogen (secondary N) is 1. The summed E-state index contributed by atoms with van der Waals surface area (Å²) >= 11 is 0. The number of aromatic hydroxyl groups is 1. The van der Waals surface area contributed by atoms with Crippen LogP contribution in [0.1, 0.15) is 36.5 Å². The van der Waals surface area contributed by atoms with E-state index in [1.807, 2.05) is 42.5 Å². The Balaban J connectivity index is 1.57. The molecule has 1 unspecified atom stereocenters. The number of rotatable bonds is 6. The van der Waals surface area contributed by atoms with E-state index < -0.39 is 4.92 Å². The Kier molecular flexibility index (Phi) is 5.86. The number of nitro groups is 1. The summed E-state index contributed by atoms with van der Waals surface area (Å²) in [7, 11) is 0. The lowest BCUT2D eigenvalue weighted by Crippen LogP contribution is -2.26. The molecule has 1 aliphatic rings. The molecule has 172 valence electrons. The summed E-state index contributed by atoms with van der Waals surface area (Å²) in [6, 6.07) is 22.8. The molecular weight excluding hydrogens is 428 g/mol. The normalized spacial score (nSPS) is 16.9. The van der Waals surface area contributed by atoms with Gasteiger partial charge in [0.15, 0.2) is 5.88 Å². The molecule has 1 aliphatic heterocycles. The van der Waals surface area contributed by atoms with Crippen molar-refractivity contribution < 1.29 is 10.0 Å². The first-order valence-corrected chi connectivity index (χ1v) is 11.5. The van der Waals surface area contributed by atoms with E-state index in [1.165, 1.54) is 30.5 Å². The van der Waals surface area contributed by atoms with E-state index in [9.17, 15) is 15.2 Å². The predicted molar refractivity (Wildman–Crippen MR) is 134 cm³/mol. The van der Waals surface area contributed by atoms with Crippen LogP contribution in [0, 0.1) is 10.1 Å². The summed E-state index contributed by atoms with van der Waals surface area (Å²) in [4.78, 5) is 21.2. The zero-order valence-electron chi connectivity index (χ0n) is 18.9. The third-order valence-electron chi connectivity index (χ3n) is 6.51. The van der Waals surface area contributed by atoms with Crippen LogP contribution in [0.25, 0.3) is 10.9 Å². The van der Waals surface area contributed by atoms with Crippen molar-refractivity contribution >= 4 is 28.0 Å². The number of non-ortho nitro benzene ring substituents is 1. The highest BCUT2D eigenvalue weighted by Gasteiger charge is 2.22. The van der Waals surface area contributed by atoms with Crippen molar-refractivity contribution in [2.75, 3.05) is 6.54 Å². The molecule has 0 saturated carbocycles. The molecule has 1 fully saturated rings. The van der Waals surface area contributed by atoms with Crippen LogP contribution in [0.2, 0.25) is 0 Å². The lowest BCUT2D eigenvalue weighted by Gasteiger charge is -2.20. The van der Waals surface area contributed by atoms with Gasteiger partial charge in [0.1, 0.15) is 0 Å². The van der Waals surface area contributed by atoms with Crippen molar-refractivity contribution in [2.45, 2.75) is 32.4 Å². The Morgan fingerprint density at radius 2 is 1.91 bits per heavy atom. The van der Waals surface area contributed by atoms with Gasteiger partial charge in [-0.2, -0.15) is 0 Å². The minimum absolute atomic E-state index is 0.0411. The summed E-state index contributed by atoms with van der Waals surface area (Å²) in [5.74, 6) is -0.0715. The first-order valence-electron chi connectivity index (χ1n) is 11.5. The quantitative estimate of drug-likeness (QED) is 0.214. The molecule has 3 aromatic carbocycles. The van der Waals surface area contributed by atoms with Crippen LogP contribution >= 0.6 is 0 Å². The van der Waals surface area contributed by atoms with Crippen LogP contribution in [0.3, 0.4) is 0 Å². The standard InChI is InChI=1S/C27H26N4O3/c1-18-6-5-15-30(18)17-19-9-11-21(12-10-19)28-26(20-7-3-2-4-8-20)25-23-16-22(31(33)34)13-14-24(23)29-27(25)32/h2-4,7-14,16,18,29,32H,5-6,15,17H2,1H3. The SMILES string of the molecule is CC1CCCN1Cc1ccc(N=C(c2ccccc2)c2c(O)[nH]c3ccc([N+](=O)[O-])cc23)cc1. The molecule has 7 nitrogen and oxygen atoms in total. The van der Waals surface area contributed by atoms with Crippen LogP contribution in [0.15, 0.2) is 77.8 Å². The molecule has 2 N–H and O–H groups in total. The minimum atomic E-state index is -0.438. The van der Waals surface area contributed by atoms with Gasteiger partial charge in [-0.25, -0.2) is 4.99 Å². The third kappa shape index (κ3) is 4.30. The van der Waals surface area contributed by atoms with Gasteiger partial charge in [0.2, 0.25) is 0 Å². The summed E-state index contributed by atoms with van der Waals surface area (Å²) in [6.45, 7) is 4.32. The molecule has 1 aromatic heterocycles. The number of fused-ring (bicyclic) bond motifs is 1. The molecule has 0 amide bonds. The van der Waals surface area contributed by atoms with E-state index >= 15 is 0 Å². The number of hydrogen-bond donors (Lipinski definition) is 2. The number of aliphatic imine (C=N–C) groups is 1. The average molecular weight is 455 g/mol. The van der Waals surface area contributed by atoms with E-state index in [-0.39, 0.29) is 11.6 Å². The number of likely N-dealkylation sites (tertiary alicyclic amines) is 1. The smallest absolute Gasteiger partial charge is 0.270 e. The van der Waals surface area contributed by atoms with E-state index in [4.69, 9.17) is 4.99 Å². The van der Waals surface area contributed by atoms with Gasteiger partial charge in [0, 0.05) is 41.2 Å². The number of benzene rings is 3. The largest absolute Gasteiger partial charge is 0.494 e. The maximum Gasteiger partial charge on any atom is 0.270 e. The lowest BCUT2D eigenvalue weighted by atomic mass is 10.0. The molecule has 0 bridgehead atoms. The van der Waals surface area contributed by atoms with Crippen molar-refractivity contribution in [3.05, 3.63) is 99.6 Å². The van der Waals surface area contributed by atoms with Crippen LogP contribution in [0.5, 0.6) is 5.88 Å². The molecular formula is C27H26N4O3. The maximum atomic E-state index is 11.4. The number of nitro benzene ring substituents is 1. The first-order chi connectivity index (χ1) is 16.5. The fourth-order valence-corrected chi connectivity index (χ4v) is 4.65. The zero-order valence-corrected chi connectivity index (χ0v) is 18.9. The number of aromatic amines is 1. The second-order valence-electron chi connectivity index (χ2n) is 8.79. The summed E-state index contributed by atoms with van der Waals surface area (Å²) in [5, 5.41) is 22.7. The molecule has 1 atom stereocenters. The number of nitrogens with zero attached hydrogens (tertiary/aromatic N) is 3. The van der Waals surface area contributed by atoms with Gasteiger partial charge in [-0.15, -0.1) is 0 Å². The molecule has 2 heterocycles. The van der Waals surface area contributed by atoms with Crippen LogP contribution in [-0.2, 0) is 6.54 Å². The van der Waals surface area contributed by atoms with Gasteiger partial charge >= 0.3 is 0 Å². The molecule has 1 saturated heterocycles. The van der Waals surface area contributed by atoms with Crippen molar-refractivity contribution in [3.8, 4) is 5.88 Å². The minimum Gasteiger partial charge on any atom is -0.494 e. The predicted octanol–water partition coefficient (Wildman–Crippen LogP) is 5.94. The Bertz CT molecular complexity index is 1360. The Morgan fingerprint density at radius 3 is 2.59 bits per heavy atom. The van der Waals surface area contributed by atoms with Gasteiger partial charge < -0.3 is 10.1 Å². The summed E-state index contributed by atoms with van der Waals surface area (Å²) in [6.07, 6.45) is 2.49. The summed E-state index contributed by atoms with van der Waals surface area (Å²) in [5.41, 5.74) is 4.35. The second-order valence-corrected chi connectivity index (χ2v) is 8.79. The van der Waals surface area contributed by atoms with Gasteiger partial charge in [0.25, 0.3) is 5.69 Å². The van der Waals surface area contributed by atoms with E-state index in [0.29, 0.717) is 28.2 Å². The maximum absolute atomic E-state index is 11.4. The molecule has 4 aromatic rings. The molecule has 7 heteroatoms. The van der Waals surface area contributed by atoms with Crippen LogP contribution in [0.4, 0.5) is 11.4 Å². The lowest BCUT2D eigenvalue weighted by molar-refractivity contribution is -0.384. The number of hydrogen-bond acceptors (Lipinski definition) is 5. The Morgan fingerprint density at radius 1 is 1.15 bits per heavy atom. The van der Waals surface area contributed by atoms with Gasteiger partial charge in [-0.05, 0) is 50.1 Å². The van der Waals surface area contributed by atoms with Gasteiger partial charge in [0.05, 0.1) is 21.9 Å². The zero-order chi connectivity index (χ0) is 23.7. The van der Waals surface area contributed by atoms with Crippen molar-refractivity contribution in [2.24, 2.45) is 4.99 Å². The highest BCUT2D eigenvalue weighted by molar-refractivity contribution is 6.22. The molecule has 34 heavy (non-hydrogen) atoms. The van der Waals surface area contributed by atoms with Crippen LogP contribution in [-0.4, -0.2) is 38.2 Å². The molecule has 5 rings (SSSR count). The molecule has 0 spiro atoms. The van der Waals surface area contributed by atoms with E-state index in [0.717, 1.165) is 24.3 Å². The van der Waals surface area contributed by atoms with Crippen molar-refractivity contribution in [1.82, 2.24) is 9.88 Å². The highest BCUT2D eigenvalue weighted by Crippen LogP contribution is 2.33. The van der Waals surface area contributed by atoms with E-state index in [2.05, 4.69) is 28.9 Å². The second kappa shape index (κ2) is 9.11. The van der Waals surface area contributed by atoms with Crippen molar-refractivity contribution in [1.29, 1.82) is 0 Å². The molecule has 0 radical (unpaired) electrons. The number of aromatic nitrogens is 1. The highest BCUT2D eigenvalue weighted by atomic mass is 16.6. The van der Waals surface area contributed by atoms with Crippen LogP contribution < -0.4 is 0 Å². The fourth-order valence-electron chi connectivity index (χ4n) is 4.65. The average Bonchev–Trinajstić information content (AvgIpc) is 3.40. The molecule has 0 aliphatic carbocycles. The summed E-state index contributed by atoms with van der Waals surface area (Å²) < 4.78 is 0. The topological polar surface area (TPSA) is 94.8 Å².